The van der Waals surface area contributed by atoms with Crippen LogP contribution >= 0.6 is 11.3 Å². The number of thiophene rings is 1. The summed E-state index contributed by atoms with van der Waals surface area (Å²) >= 11 is 1.51. The lowest BCUT2D eigenvalue weighted by Gasteiger charge is -2.07. The number of rotatable bonds is 3. The molecule has 0 aliphatic rings. The van der Waals surface area contributed by atoms with E-state index in [-0.39, 0.29) is 5.91 Å². The highest BCUT2D eigenvalue weighted by atomic mass is 32.1. The summed E-state index contributed by atoms with van der Waals surface area (Å²) in [6.07, 6.45) is 1.74. The van der Waals surface area contributed by atoms with Crippen LogP contribution in [-0.2, 0) is 0 Å². The summed E-state index contributed by atoms with van der Waals surface area (Å²) in [7, 11) is 0. The largest absolute Gasteiger partial charge is 0.321 e. The maximum atomic E-state index is 12.4. The summed E-state index contributed by atoms with van der Waals surface area (Å²) in [6, 6.07) is 11.5. The second-order valence-corrected chi connectivity index (χ2v) is 6.63. The molecular weight excluding hydrogens is 306 g/mol. The highest BCUT2D eigenvalue weighted by molar-refractivity contribution is 7.14. The van der Waals surface area contributed by atoms with E-state index in [4.69, 9.17) is 0 Å². The second-order valence-electron chi connectivity index (χ2n) is 5.37. The SMILES string of the molecule is Cc1nccc(-c2cccc(NC(=O)c3cc(C)c(C)s3)c2)n1. The fraction of sp³-hybridized carbons (Fsp3) is 0.167. The Bertz CT molecular complexity index is 851. The van der Waals surface area contributed by atoms with Crippen molar-refractivity contribution in [2.45, 2.75) is 20.8 Å². The average molecular weight is 323 g/mol. The molecule has 5 heteroatoms. The fourth-order valence-corrected chi connectivity index (χ4v) is 3.18. The van der Waals surface area contributed by atoms with Crippen LogP contribution in [0.2, 0.25) is 0 Å². The third-order valence-electron chi connectivity index (χ3n) is 3.58. The van der Waals surface area contributed by atoms with E-state index in [1.54, 1.807) is 6.20 Å². The standard InChI is InChI=1S/C18H17N3OS/c1-11-9-17(23-12(11)2)18(22)21-15-6-4-5-14(10-15)16-7-8-19-13(3)20-16/h4-10H,1-3H3,(H,21,22). The minimum Gasteiger partial charge on any atom is -0.321 e. The Morgan fingerprint density at radius 1 is 1.13 bits per heavy atom. The predicted octanol–water partition coefficient (Wildman–Crippen LogP) is 4.38. The van der Waals surface area contributed by atoms with E-state index >= 15 is 0 Å². The highest BCUT2D eigenvalue weighted by Crippen LogP contribution is 2.24. The monoisotopic (exact) mass is 323 g/mol. The first-order valence-corrected chi connectivity index (χ1v) is 8.13. The third kappa shape index (κ3) is 3.46. The second kappa shape index (κ2) is 6.30. The molecule has 3 rings (SSSR count). The molecule has 23 heavy (non-hydrogen) atoms. The Balaban J connectivity index is 1.84. The van der Waals surface area contributed by atoms with Crippen LogP contribution in [0, 0.1) is 20.8 Å². The lowest BCUT2D eigenvalue weighted by Crippen LogP contribution is -2.10. The van der Waals surface area contributed by atoms with Crippen LogP contribution in [-0.4, -0.2) is 15.9 Å². The molecule has 3 aromatic rings. The van der Waals surface area contributed by atoms with Crippen molar-refractivity contribution >= 4 is 22.9 Å². The van der Waals surface area contributed by atoms with E-state index in [0.717, 1.165) is 33.2 Å². The van der Waals surface area contributed by atoms with Gasteiger partial charge in [0.2, 0.25) is 0 Å². The summed E-state index contributed by atoms with van der Waals surface area (Å²) in [5.41, 5.74) is 3.70. The number of amides is 1. The molecular formula is C18H17N3OS. The van der Waals surface area contributed by atoms with Gasteiger partial charge in [0, 0.05) is 22.3 Å². The summed E-state index contributed by atoms with van der Waals surface area (Å²) in [4.78, 5) is 22.8. The number of anilines is 1. The summed E-state index contributed by atoms with van der Waals surface area (Å²) in [5.74, 6) is 0.642. The van der Waals surface area contributed by atoms with E-state index in [2.05, 4.69) is 15.3 Å². The van der Waals surface area contributed by atoms with Gasteiger partial charge in [-0.25, -0.2) is 9.97 Å². The van der Waals surface area contributed by atoms with Crippen LogP contribution in [0.4, 0.5) is 5.69 Å². The molecule has 0 unspecified atom stereocenters. The Morgan fingerprint density at radius 2 is 1.96 bits per heavy atom. The van der Waals surface area contributed by atoms with Gasteiger partial charge in [0.05, 0.1) is 10.6 Å². The Kier molecular flexibility index (Phi) is 4.21. The van der Waals surface area contributed by atoms with Gasteiger partial charge in [-0.05, 0) is 50.6 Å². The van der Waals surface area contributed by atoms with Gasteiger partial charge in [-0.1, -0.05) is 12.1 Å². The molecule has 0 atom stereocenters. The molecule has 1 N–H and O–H groups in total. The van der Waals surface area contributed by atoms with E-state index in [1.807, 2.05) is 57.2 Å². The number of carbonyl (C=O) groups is 1. The van der Waals surface area contributed by atoms with Crippen molar-refractivity contribution in [2.75, 3.05) is 5.32 Å². The molecule has 0 saturated heterocycles. The zero-order chi connectivity index (χ0) is 16.4. The first-order chi connectivity index (χ1) is 11.0. The van der Waals surface area contributed by atoms with Gasteiger partial charge in [-0.2, -0.15) is 0 Å². The molecule has 116 valence electrons. The van der Waals surface area contributed by atoms with Crippen LogP contribution < -0.4 is 5.32 Å². The van der Waals surface area contributed by atoms with Crippen LogP contribution in [0.1, 0.15) is 25.9 Å². The Hall–Kier alpha value is -2.53. The van der Waals surface area contributed by atoms with Gasteiger partial charge in [0.25, 0.3) is 5.91 Å². The molecule has 0 bridgehead atoms. The van der Waals surface area contributed by atoms with Crippen molar-refractivity contribution in [3.8, 4) is 11.3 Å². The lowest BCUT2D eigenvalue weighted by atomic mass is 10.1. The molecule has 0 aliphatic carbocycles. The number of aromatic nitrogens is 2. The van der Waals surface area contributed by atoms with Gasteiger partial charge in [0.1, 0.15) is 5.82 Å². The van der Waals surface area contributed by atoms with Gasteiger partial charge < -0.3 is 5.32 Å². The third-order valence-corrected chi connectivity index (χ3v) is 4.73. The van der Waals surface area contributed by atoms with Crippen LogP contribution in [0.15, 0.2) is 42.6 Å². The molecule has 2 heterocycles. The molecule has 0 spiro atoms. The normalized spacial score (nSPS) is 10.6. The quantitative estimate of drug-likeness (QED) is 0.778. The van der Waals surface area contributed by atoms with Crippen LogP contribution in [0.25, 0.3) is 11.3 Å². The number of aryl methyl sites for hydroxylation is 3. The zero-order valence-electron chi connectivity index (χ0n) is 13.3. The number of nitrogens with one attached hydrogen (secondary N) is 1. The van der Waals surface area contributed by atoms with Crippen molar-refractivity contribution in [3.63, 3.8) is 0 Å². The topological polar surface area (TPSA) is 54.9 Å². The van der Waals surface area contributed by atoms with Gasteiger partial charge in [-0.3, -0.25) is 4.79 Å². The minimum atomic E-state index is -0.0813. The van der Waals surface area contributed by atoms with Crippen molar-refractivity contribution in [1.82, 2.24) is 9.97 Å². The number of carbonyl (C=O) groups excluding carboxylic acids is 1. The van der Waals surface area contributed by atoms with E-state index in [1.165, 1.54) is 16.2 Å². The molecule has 0 aliphatic heterocycles. The van der Waals surface area contributed by atoms with E-state index in [9.17, 15) is 4.79 Å². The number of hydrogen-bond acceptors (Lipinski definition) is 4. The maximum Gasteiger partial charge on any atom is 0.265 e. The number of nitrogens with zero attached hydrogens (tertiary/aromatic N) is 2. The van der Waals surface area contributed by atoms with Crippen molar-refractivity contribution in [2.24, 2.45) is 0 Å². The first kappa shape index (κ1) is 15.4. The predicted molar refractivity (Wildman–Crippen MR) is 94.0 cm³/mol. The molecule has 1 aromatic carbocycles. The zero-order valence-corrected chi connectivity index (χ0v) is 14.1. The van der Waals surface area contributed by atoms with E-state index in [0.29, 0.717) is 0 Å². The molecule has 4 nitrogen and oxygen atoms in total. The Labute approximate surface area is 139 Å². The fourth-order valence-electron chi connectivity index (χ4n) is 2.25. The Morgan fingerprint density at radius 3 is 2.65 bits per heavy atom. The van der Waals surface area contributed by atoms with Crippen molar-refractivity contribution in [1.29, 1.82) is 0 Å². The molecule has 1 amide bonds. The number of hydrogen-bond donors (Lipinski definition) is 1. The van der Waals surface area contributed by atoms with Crippen LogP contribution in [0.5, 0.6) is 0 Å². The number of benzene rings is 1. The van der Waals surface area contributed by atoms with Crippen molar-refractivity contribution in [3.05, 3.63) is 63.7 Å². The van der Waals surface area contributed by atoms with Crippen molar-refractivity contribution < 1.29 is 4.79 Å². The highest BCUT2D eigenvalue weighted by Gasteiger charge is 2.11. The lowest BCUT2D eigenvalue weighted by molar-refractivity contribution is 0.103. The molecule has 0 fully saturated rings. The molecule has 2 aromatic heterocycles. The average Bonchev–Trinajstić information content (AvgIpc) is 2.87. The first-order valence-electron chi connectivity index (χ1n) is 7.31. The summed E-state index contributed by atoms with van der Waals surface area (Å²) < 4.78 is 0. The smallest absolute Gasteiger partial charge is 0.265 e. The van der Waals surface area contributed by atoms with Gasteiger partial charge >= 0.3 is 0 Å². The van der Waals surface area contributed by atoms with Gasteiger partial charge in [0.15, 0.2) is 0 Å². The maximum absolute atomic E-state index is 12.4. The molecule has 0 radical (unpaired) electrons. The summed E-state index contributed by atoms with van der Waals surface area (Å²) in [5, 5.41) is 2.95. The van der Waals surface area contributed by atoms with E-state index < -0.39 is 0 Å². The molecule has 0 saturated carbocycles. The van der Waals surface area contributed by atoms with Gasteiger partial charge in [-0.15, -0.1) is 11.3 Å². The summed E-state index contributed by atoms with van der Waals surface area (Å²) in [6.45, 7) is 5.89. The minimum absolute atomic E-state index is 0.0813. The van der Waals surface area contributed by atoms with Crippen LogP contribution in [0.3, 0.4) is 0 Å².